The highest BCUT2D eigenvalue weighted by Gasteiger charge is 2.16. The molecule has 0 atom stereocenters. The van der Waals surface area contributed by atoms with Crippen molar-refractivity contribution in [3.63, 3.8) is 0 Å². The first kappa shape index (κ1) is 13.9. The van der Waals surface area contributed by atoms with Crippen LogP contribution >= 0.6 is 0 Å². The van der Waals surface area contributed by atoms with E-state index in [1.54, 1.807) is 13.2 Å². The van der Waals surface area contributed by atoms with Crippen LogP contribution in [-0.2, 0) is 0 Å². The minimum absolute atomic E-state index is 0.114. The van der Waals surface area contributed by atoms with Gasteiger partial charge in [0, 0.05) is 5.56 Å². The van der Waals surface area contributed by atoms with Crippen LogP contribution in [0.15, 0.2) is 18.3 Å². The maximum absolute atomic E-state index is 9.56. The molecule has 0 aliphatic carbocycles. The topological polar surface area (TPSA) is 66.1 Å². The van der Waals surface area contributed by atoms with Crippen LogP contribution in [0.2, 0.25) is 0 Å². The second-order valence-electron chi connectivity index (χ2n) is 4.74. The molecular formula is C16H16N2O2. The minimum atomic E-state index is -0.114. The Morgan fingerprint density at radius 2 is 1.90 bits per heavy atom. The van der Waals surface area contributed by atoms with Gasteiger partial charge in [-0.3, -0.25) is 4.98 Å². The number of nitrogens with zero attached hydrogens (tertiary/aromatic N) is 2. The number of pyridine rings is 1. The Hall–Kier alpha value is -2.54. The average molecular weight is 268 g/mol. The van der Waals surface area contributed by atoms with Gasteiger partial charge in [0.25, 0.3) is 0 Å². The predicted molar refractivity (Wildman–Crippen MR) is 76.8 cm³/mol. The first-order valence-electron chi connectivity index (χ1n) is 6.23. The first-order valence-corrected chi connectivity index (χ1v) is 6.23. The Bertz CT molecular complexity index is 715. The van der Waals surface area contributed by atoms with Gasteiger partial charge in [-0.1, -0.05) is 6.07 Å². The molecule has 102 valence electrons. The van der Waals surface area contributed by atoms with E-state index < -0.39 is 0 Å². The zero-order valence-corrected chi connectivity index (χ0v) is 12.0. The van der Waals surface area contributed by atoms with Gasteiger partial charge in [-0.05, 0) is 43.5 Å². The van der Waals surface area contributed by atoms with Crippen LogP contribution in [-0.4, -0.2) is 17.2 Å². The van der Waals surface area contributed by atoms with Crippen LogP contribution in [0.1, 0.15) is 22.3 Å². The van der Waals surface area contributed by atoms with Crippen LogP contribution in [0.4, 0.5) is 0 Å². The van der Waals surface area contributed by atoms with Crippen molar-refractivity contribution in [2.45, 2.75) is 20.8 Å². The number of ether oxygens (including phenoxy) is 1. The summed E-state index contributed by atoms with van der Waals surface area (Å²) < 4.78 is 5.51. The van der Waals surface area contributed by atoms with Gasteiger partial charge in [-0.15, -0.1) is 0 Å². The first-order chi connectivity index (χ1) is 9.49. The lowest BCUT2D eigenvalue weighted by Crippen LogP contribution is -1.98. The number of rotatable bonds is 2. The Morgan fingerprint density at radius 1 is 1.20 bits per heavy atom. The van der Waals surface area contributed by atoms with Crippen LogP contribution in [0.25, 0.3) is 11.3 Å². The quantitative estimate of drug-likeness (QED) is 0.907. The third kappa shape index (κ3) is 2.19. The minimum Gasteiger partial charge on any atom is -0.505 e. The number of benzene rings is 1. The van der Waals surface area contributed by atoms with Gasteiger partial charge in [0.1, 0.15) is 11.8 Å². The number of aryl methyl sites for hydroxylation is 2. The summed E-state index contributed by atoms with van der Waals surface area (Å²) in [5.74, 6) is 0.640. The van der Waals surface area contributed by atoms with Crippen molar-refractivity contribution in [1.29, 1.82) is 5.26 Å². The summed E-state index contributed by atoms with van der Waals surface area (Å²) in [6.45, 7) is 5.99. The van der Waals surface area contributed by atoms with Crippen molar-refractivity contribution < 1.29 is 9.84 Å². The lowest BCUT2D eigenvalue weighted by molar-refractivity contribution is 0.412. The van der Waals surface area contributed by atoms with Crippen LogP contribution in [0, 0.1) is 32.1 Å². The Labute approximate surface area is 118 Å². The van der Waals surface area contributed by atoms with Crippen molar-refractivity contribution in [1.82, 2.24) is 4.98 Å². The second kappa shape index (κ2) is 5.22. The zero-order chi connectivity index (χ0) is 14.9. The molecule has 0 unspecified atom stereocenters. The van der Waals surface area contributed by atoms with Gasteiger partial charge in [-0.2, -0.15) is 5.26 Å². The van der Waals surface area contributed by atoms with Gasteiger partial charge in [0.15, 0.2) is 5.75 Å². The van der Waals surface area contributed by atoms with E-state index in [9.17, 15) is 5.11 Å². The molecule has 4 nitrogen and oxygen atoms in total. The number of nitriles is 1. The fourth-order valence-electron chi connectivity index (χ4n) is 2.30. The van der Waals surface area contributed by atoms with Gasteiger partial charge in [-0.25, -0.2) is 0 Å². The van der Waals surface area contributed by atoms with E-state index in [0.29, 0.717) is 5.69 Å². The number of hydrogen-bond acceptors (Lipinski definition) is 4. The van der Waals surface area contributed by atoms with Crippen LogP contribution < -0.4 is 4.74 Å². The number of aromatic nitrogens is 1. The molecule has 0 saturated carbocycles. The number of aromatic hydroxyl groups is 1. The van der Waals surface area contributed by atoms with Crippen molar-refractivity contribution in [2.24, 2.45) is 0 Å². The Kier molecular flexibility index (Phi) is 3.62. The lowest BCUT2D eigenvalue weighted by Gasteiger charge is -2.16. The molecule has 1 aromatic carbocycles. The molecule has 2 aromatic rings. The molecule has 1 aromatic heterocycles. The van der Waals surface area contributed by atoms with E-state index in [4.69, 9.17) is 10.00 Å². The summed E-state index contributed by atoms with van der Waals surface area (Å²) >= 11 is 0. The molecule has 1 N–H and O–H groups in total. The Balaban J connectivity index is 2.76. The maximum atomic E-state index is 9.56. The van der Waals surface area contributed by atoms with Crippen molar-refractivity contribution in [3.05, 3.63) is 40.6 Å². The number of methoxy groups -OCH3 is 1. The highest BCUT2D eigenvalue weighted by molar-refractivity contribution is 5.75. The Morgan fingerprint density at radius 3 is 2.50 bits per heavy atom. The van der Waals surface area contributed by atoms with E-state index in [0.717, 1.165) is 28.0 Å². The monoisotopic (exact) mass is 268 g/mol. The lowest BCUT2D eigenvalue weighted by atomic mass is 9.96. The normalized spacial score (nSPS) is 10.2. The molecule has 0 aliphatic rings. The summed E-state index contributed by atoms with van der Waals surface area (Å²) in [4.78, 5) is 4.22. The van der Waals surface area contributed by atoms with E-state index in [2.05, 4.69) is 11.1 Å². The smallest absolute Gasteiger partial charge is 0.151 e. The molecule has 20 heavy (non-hydrogen) atoms. The van der Waals surface area contributed by atoms with Gasteiger partial charge in [0.2, 0.25) is 0 Å². The van der Waals surface area contributed by atoms with Crippen LogP contribution in [0.3, 0.4) is 0 Å². The fourth-order valence-corrected chi connectivity index (χ4v) is 2.30. The van der Waals surface area contributed by atoms with E-state index >= 15 is 0 Å². The standard InChI is InChI=1S/C16H16N2O2/c1-9-5-10(2)15(16(20-4)11(9)3)13-6-12(7-17)14(19)8-18-13/h5-6,8,19H,1-4H3. The fraction of sp³-hybridized carbons (Fsp3) is 0.250. The zero-order valence-electron chi connectivity index (χ0n) is 12.0. The molecule has 2 rings (SSSR count). The summed E-state index contributed by atoms with van der Waals surface area (Å²) in [5.41, 5.74) is 4.88. The molecule has 0 amide bonds. The van der Waals surface area contributed by atoms with E-state index in [1.807, 2.05) is 26.8 Å². The van der Waals surface area contributed by atoms with Crippen molar-refractivity contribution in [2.75, 3.05) is 7.11 Å². The molecule has 0 spiro atoms. The molecule has 4 heteroatoms. The van der Waals surface area contributed by atoms with E-state index in [-0.39, 0.29) is 11.3 Å². The molecule has 0 bridgehead atoms. The molecule has 0 radical (unpaired) electrons. The molecule has 0 fully saturated rings. The predicted octanol–water partition coefficient (Wildman–Crippen LogP) is 3.26. The summed E-state index contributed by atoms with van der Waals surface area (Å²) in [6, 6.07) is 5.60. The maximum Gasteiger partial charge on any atom is 0.151 e. The van der Waals surface area contributed by atoms with Gasteiger partial charge >= 0.3 is 0 Å². The van der Waals surface area contributed by atoms with E-state index in [1.165, 1.54) is 6.20 Å². The molecule has 0 aliphatic heterocycles. The molecular weight excluding hydrogens is 252 g/mol. The largest absolute Gasteiger partial charge is 0.505 e. The molecule has 1 heterocycles. The summed E-state index contributed by atoms with van der Waals surface area (Å²) in [7, 11) is 1.62. The number of hydrogen-bond donors (Lipinski definition) is 1. The second-order valence-corrected chi connectivity index (χ2v) is 4.74. The third-order valence-corrected chi connectivity index (χ3v) is 3.45. The highest BCUT2D eigenvalue weighted by Crippen LogP contribution is 2.37. The third-order valence-electron chi connectivity index (χ3n) is 3.45. The van der Waals surface area contributed by atoms with Crippen molar-refractivity contribution in [3.8, 4) is 28.8 Å². The van der Waals surface area contributed by atoms with Gasteiger partial charge < -0.3 is 9.84 Å². The van der Waals surface area contributed by atoms with Crippen LogP contribution in [0.5, 0.6) is 11.5 Å². The highest BCUT2D eigenvalue weighted by atomic mass is 16.5. The van der Waals surface area contributed by atoms with Gasteiger partial charge in [0.05, 0.1) is 24.6 Å². The summed E-state index contributed by atoms with van der Waals surface area (Å²) in [6.07, 6.45) is 1.29. The summed E-state index contributed by atoms with van der Waals surface area (Å²) in [5, 5.41) is 18.6. The SMILES string of the molecule is COc1c(C)c(C)cc(C)c1-c1cc(C#N)c(O)cn1. The van der Waals surface area contributed by atoms with Crippen molar-refractivity contribution >= 4 is 0 Å². The average Bonchev–Trinajstić information content (AvgIpc) is 2.43. The molecule has 0 saturated heterocycles.